The Kier molecular flexibility index (Phi) is 9.69. The molecular weight excluding hydrogens is 342 g/mol. The van der Waals surface area contributed by atoms with Crippen molar-refractivity contribution >= 4 is 0 Å². The summed E-state index contributed by atoms with van der Waals surface area (Å²) in [5.41, 5.74) is 1.82. The summed E-state index contributed by atoms with van der Waals surface area (Å²) in [5.74, 6) is -0.0925. The lowest BCUT2D eigenvalue weighted by atomic mass is 10.1. The van der Waals surface area contributed by atoms with E-state index in [1.54, 1.807) is 0 Å². The molecular formula is C22H31NO4. The van der Waals surface area contributed by atoms with E-state index >= 15 is 0 Å². The Morgan fingerprint density at radius 3 is 2.30 bits per heavy atom. The van der Waals surface area contributed by atoms with Crippen LogP contribution in [0.1, 0.15) is 42.9 Å². The Labute approximate surface area is 161 Å². The van der Waals surface area contributed by atoms with Crippen LogP contribution in [0.25, 0.3) is 0 Å². The summed E-state index contributed by atoms with van der Waals surface area (Å²) in [7, 11) is 0. The molecule has 2 aromatic carbocycles. The highest BCUT2D eigenvalue weighted by atomic mass is 16.5. The molecule has 0 aromatic heterocycles. The van der Waals surface area contributed by atoms with Crippen LogP contribution in [0.5, 0.6) is 11.5 Å². The second-order valence-corrected chi connectivity index (χ2v) is 6.76. The maximum atomic E-state index is 10.1. The molecule has 0 saturated carbocycles. The van der Waals surface area contributed by atoms with E-state index in [9.17, 15) is 15.3 Å². The standard InChI is InChI=1S/C22H31NO4/c24-20-14-19(15-21(25)16-20)22(26)17-23-11-6-1-2-7-12-27-13-10-18-8-4-3-5-9-18/h3-5,8-9,14-16,22-26H,1-2,6-7,10-13,17H2. The Morgan fingerprint density at radius 2 is 1.56 bits per heavy atom. The summed E-state index contributed by atoms with van der Waals surface area (Å²) in [4.78, 5) is 0. The van der Waals surface area contributed by atoms with Crippen LogP contribution in [0.2, 0.25) is 0 Å². The van der Waals surface area contributed by atoms with Gasteiger partial charge in [-0.3, -0.25) is 0 Å². The third kappa shape index (κ3) is 8.91. The molecule has 0 heterocycles. The topological polar surface area (TPSA) is 82.0 Å². The minimum absolute atomic E-state index is 0.0463. The molecule has 0 aliphatic rings. The SMILES string of the molecule is Oc1cc(O)cc(C(O)CNCCCCCCOCCc2ccccc2)c1. The number of rotatable bonds is 13. The predicted molar refractivity (Wildman–Crippen MR) is 107 cm³/mol. The van der Waals surface area contributed by atoms with E-state index in [4.69, 9.17) is 4.74 Å². The van der Waals surface area contributed by atoms with Crippen LogP contribution in [0.15, 0.2) is 48.5 Å². The Bertz CT molecular complexity index is 628. The Morgan fingerprint density at radius 1 is 0.852 bits per heavy atom. The van der Waals surface area contributed by atoms with Gasteiger partial charge in [-0.25, -0.2) is 0 Å². The number of hydrogen-bond donors (Lipinski definition) is 4. The van der Waals surface area contributed by atoms with Gasteiger partial charge in [-0.2, -0.15) is 0 Å². The van der Waals surface area contributed by atoms with Crippen LogP contribution in [0.4, 0.5) is 0 Å². The lowest BCUT2D eigenvalue weighted by molar-refractivity contribution is 0.133. The van der Waals surface area contributed by atoms with Crippen LogP contribution in [-0.2, 0) is 11.2 Å². The number of phenolic OH excluding ortho intramolecular Hbond substituents is 2. The molecule has 2 rings (SSSR count). The highest BCUT2D eigenvalue weighted by Gasteiger charge is 2.09. The zero-order valence-electron chi connectivity index (χ0n) is 15.8. The average molecular weight is 373 g/mol. The molecule has 148 valence electrons. The van der Waals surface area contributed by atoms with Crippen LogP contribution < -0.4 is 5.32 Å². The van der Waals surface area contributed by atoms with Crippen molar-refractivity contribution < 1.29 is 20.1 Å². The molecule has 27 heavy (non-hydrogen) atoms. The number of aromatic hydroxyl groups is 2. The monoisotopic (exact) mass is 373 g/mol. The normalized spacial score (nSPS) is 12.2. The summed E-state index contributed by atoms with van der Waals surface area (Å²) in [5, 5.41) is 32.2. The van der Waals surface area contributed by atoms with E-state index in [-0.39, 0.29) is 11.5 Å². The number of aliphatic hydroxyl groups is 1. The van der Waals surface area contributed by atoms with Gasteiger partial charge in [0.15, 0.2) is 0 Å². The van der Waals surface area contributed by atoms with Crippen LogP contribution in [0.3, 0.4) is 0 Å². The Balaban J connectivity index is 1.42. The van der Waals surface area contributed by atoms with Gasteiger partial charge in [0.05, 0.1) is 12.7 Å². The minimum Gasteiger partial charge on any atom is -0.508 e. The molecule has 0 aliphatic carbocycles. The Hall–Kier alpha value is -2.08. The first-order chi connectivity index (χ1) is 13.1. The van der Waals surface area contributed by atoms with Crippen molar-refractivity contribution in [3.8, 4) is 11.5 Å². The van der Waals surface area contributed by atoms with E-state index in [1.807, 2.05) is 6.07 Å². The van der Waals surface area contributed by atoms with Crippen LogP contribution in [-0.4, -0.2) is 41.6 Å². The van der Waals surface area contributed by atoms with E-state index in [0.717, 1.165) is 51.9 Å². The lowest BCUT2D eigenvalue weighted by Crippen LogP contribution is -2.22. The fraction of sp³-hybridized carbons (Fsp3) is 0.455. The highest BCUT2D eigenvalue weighted by molar-refractivity contribution is 5.37. The van der Waals surface area contributed by atoms with Crippen molar-refractivity contribution in [2.75, 3.05) is 26.3 Å². The number of ether oxygens (including phenoxy) is 1. The van der Waals surface area contributed by atoms with Crippen molar-refractivity contribution in [2.45, 2.75) is 38.2 Å². The van der Waals surface area contributed by atoms with Gasteiger partial charge in [0.2, 0.25) is 0 Å². The summed E-state index contributed by atoms with van der Waals surface area (Å²) < 4.78 is 5.68. The van der Waals surface area contributed by atoms with Gasteiger partial charge in [0, 0.05) is 19.2 Å². The van der Waals surface area contributed by atoms with Crippen molar-refractivity contribution in [2.24, 2.45) is 0 Å². The molecule has 0 radical (unpaired) electrons. The summed E-state index contributed by atoms with van der Waals surface area (Å²) in [6.45, 7) is 2.80. The lowest BCUT2D eigenvalue weighted by Gasteiger charge is -2.13. The number of benzene rings is 2. The van der Waals surface area contributed by atoms with E-state index in [0.29, 0.717) is 12.1 Å². The molecule has 1 atom stereocenters. The first kappa shape index (κ1) is 21.2. The van der Waals surface area contributed by atoms with E-state index in [2.05, 4.69) is 29.6 Å². The summed E-state index contributed by atoms with van der Waals surface area (Å²) in [6.07, 6.45) is 4.58. The van der Waals surface area contributed by atoms with Crippen LogP contribution >= 0.6 is 0 Å². The van der Waals surface area contributed by atoms with E-state index < -0.39 is 6.10 Å². The van der Waals surface area contributed by atoms with Gasteiger partial charge in [-0.1, -0.05) is 43.2 Å². The van der Waals surface area contributed by atoms with Crippen LogP contribution in [0, 0.1) is 0 Å². The van der Waals surface area contributed by atoms with Gasteiger partial charge in [-0.15, -0.1) is 0 Å². The number of phenols is 2. The molecule has 0 fully saturated rings. The van der Waals surface area contributed by atoms with E-state index in [1.165, 1.54) is 23.8 Å². The third-order valence-electron chi connectivity index (χ3n) is 4.42. The molecule has 5 heteroatoms. The predicted octanol–water partition coefficient (Wildman–Crippen LogP) is 3.54. The minimum atomic E-state index is -0.749. The largest absolute Gasteiger partial charge is 0.508 e. The second-order valence-electron chi connectivity index (χ2n) is 6.76. The van der Waals surface area contributed by atoms with Gasteiger partial charge in [0.1, 0.15) is 11.5 Å². The maximum Gasteiger partial charge on any atom is 0.119 e. The number of unbranched alkanes of at least 4 members (excludes halogenated alkanes) is 3. The highest BCUT2D eigenvalue weighted by Crippen LogP contribution is 2.24. The first-order valence-corrected chi connectivity index (χ1v) is 9.68. The number of nitrogens with one attached hydrogen (secondary N) is 1. The van der Waals surface area contributed by atoms with Gasteiger partial charge in [0.25, 0.3) is 0 Å². The number of aliphatic hydroxyl groups excluding tert-OH is 1. The summed E-state index contributed by atoms with van der Waals surface area (Å²) >= 11 is 0. The molecule has 5 nitrogen and oxygen atoms in total. The first-order valence-electron chi connectivity index (χ1n) is 9.68. The van der Waals surface area contributed by atoms with Crippen molar-refractivity contribution in [3.63, 3.8) is 0 Å². The third-order valence-corrected chi connectivity index (χ3v) is 4.42. The molecule has 4 N–H and O–H groups in total. The molecule has 0 saturated heterocycles. The van der Waals surface area contributed by atoms with Crippen molar-refractivity contribution in [1.82, 2.24) is 5.32 Å². The smallest absolute Gasteiger partial charge is 0.119 e. The molecule has 0 aliphatic heterocycles. The molecule has 0 bridgehead atoms. The zero-order chi connectivity index (χ0) is 19.3. The average Bonchev–Trinajstić information content (AvgIpc) is 2.66. The van der Waals surface area contributed by atoms with Gasteiger partial charge >= 0.3 is 0 Å². The quantitative estimate of drug-likeness (QED) is 0.404. The number of hydrogen-bond acceptors (Lipinski definition) is 5. The van der Waals surface area contributed by atoms with Gasteiger partial charge in [-0.05, 0) is 49.1 Å². The molecule has 0 spiro atoms. The second kappa shape index (κ2) is 12.3. The fourth-order valence-corrected chi connectivity index (χ4v) is 2.91. The maximum absolute atomic E-state index is 10.1. The fourth-order valence-electron chi connectivity index (χ4n) is 2.91. The zero-order valence-corrected chi connectivity index (χ0v) is 15.8. The van der Waals surface area contributed by atoms with Crippen molar-refractivity contribution in [3.05, 3.63) is 59.7 Å². The molecule has 2 aromatic rings. The summed E-state index contributed by atoms with van der Waals surface area (Å²) in [6, 6.07) is 14.5. The molecule has 0 amide bonds. The van der Waals surface area contributed by atoms with Crippen molar-refractivity contribution in [1.29, 1.82) is 0 Å². The molecule has 1 unspecified atom stereocenters. The van der Waals surface area contributed by atoms with Gasteiger partial charge < -0.3 is 25.4 Å².